The van der Waals surface area contributed by atoms with Crippen molar-refractivity contribution >= 4 is 10.3 Å². The van der Waals surface area contributed by atoms with Crippen molar-refractivity contribution in [3.8, 4) is 11.5 Å². The van der Waals surface area contributed by atoms with Gasteiger partial charge in [0.15, 0.2) is 17.3 Å². The van der Waals surface area contributed by atoms with E-state index in [2.05, 4.69) is 14.1 Å². The fourth-order valence-electron chi connectivity index (χ4n) is 0.922. The number of benzene rings is 1. The molecule has 0 radical (unpaired) electrons. The Morgan fingerprint density at radius 3 is 2.40 bits per heavy atom. The highest BCUT2D eigenvalue weighted by molar-refractivity contribution is 7.84. The first-order valence-electron chi connectivity index (χ1n) is 3.58. The van der Waals surface area contributed by atoms with Gasteiger partial charge < -0.3 is 8.92 Å². The van der Waals surface area contributed by atoms with E-state index in [-0.39, 0.29) is 0 Å². The van der Waals surface area contributed by atoms with Gasteiger partial charge in [-0.3, -0.25) is 0 Å². The minimum atomic E-state index is -4.36. The molecule has 0 aliphatic rings. The molecule has 1 aromatic rings. The maximum Gasteiger partial charge on any atom is 0.380 e. The zero-order valence-electron chi connectivity index (χ0n) is 7.53. The number of halogens is 2. The van der Waals surface area contributed by atoms with Crippen LogP contribution >= 0.6 is 0 Å². The molecule has 2 N–H and O–H groups in total. The number of rotatable bonds is 3. The largest absolute Gasteiger partial charge is 0.490 e. The topological polar surface area (TPSA) is 78.6 Å². The van der Waals surface area contributed by atoms with Crippen LogP contribution in [0.1, 0.15) is 0 Å². The van der Waals surface area contributed by atoms with E-state index in [0.29, 0.717) is 12.1 Å². The molecule has 5 nitrogen and oxygen atoms in total. The lowest BCUT2D eigenvalue weighted by molar-refractivity contribution is 0.363. The summed E-state index contributed by atoms with van der Waals surface area (Å²) in [6.07, 6.45) is 0. The van der Waals surface area contributed by atoms with Gasteiger partial charge in [-0.15, -0.1) is 0 Å². The molecule has 0 bridgehead atoms. The van der Waals surface area contributed by atoms with E-state index in [0.717, 1.165) is 7.11 Å². The first-order valence-corrected chi connectivity index (χ1v) is 5.06. The minimum Gasteiger partial charge on any atom is -0.490 e. The number of nitrogens with two attached hydrogens (primary N) is 1. The molecule has 0 unspecified atom stereocenters. The van der Waals surface area contributed by atoms with Crippen LogP contribution in [0.3, 0.4) is 0 Å². The van der Waals surface area contributed by atoms with Gasteiger partial charge in [-0.2, -0.15) is 13.6 Å². The van der Waals surface area contributed by atoms with Gasteiger partial charge in [0.2, 0.25) is 0 Å². The van der Waals surface area contributed by atoms with Gasteiger partial charge in [0, 0.05) is 12.1 Å². The van der Waals surface area contributed by atoms with E-state index in [4.69, 9.17) is 0 Å². The Hall–Kier alpha value is -1.41. The van der Waals surface area contributed by atoms with E-state index < -0.39 is 33.4 Å². The Morgan fingerprint density at radius 1 is 1.33 bits per heavy atom. The van der Waals surface area contributed by atoms with Crippen molar-refractivity contribution in [2.75, 3.05) is 7.11 Å². The summed E-state index contributed by atoms with van der Waals surface area (Å²) in [4.78, 5) is 0. The van der Waals surface area contributed by atoms with Crippen LogP contribution in [-0.4, -0.2) is 15.5 Å². The third-order valence-electron chi connectivity index (χ3n) is 1.38. The molecule has 0 saturated heterocycles. The van der Waals surface area contributed by atoms with Crippen molar-refractivity contribution in [1.82, 2.24) is 0 Å². The highest BCUT2D eigenvalue weighted by atomic mass is 32.2. The fourth-order valence-corrected chi connectivity index (χ4v) is 1.30. The van der Waals surface area contributed by atoms with Crippen molar-refractivity contribution in [2.45, 2.75) is 0 Å². The molecule has 0 aliphatic carbocycles. The second-order valence-corrected chi connectivity index (χ2v) is 3.65. The van der Waals surface area contributed by atoms with Crippen LogP contribution in [-0.2, 0) is 10.3 Å². The monoisotopic (exact) mass is 239 g/mol. The van der Waals surface area contributed by atoms with Crippen LogP contribution in [0.5, 0.6) is 11.5 Å². The Balaban J connectivity index is 3.27. The van der Waals surface area contributed by atoms with Crippen molar-refractivity contribution < 1.29 is 26.1 Å². The average molecular weight is 239 g/mol. The second kappa shape index (κ2) is 3.99. The SMILES string of the molecule is COc1c(F)cc(F)cc1OS(N)(=O)=O. The molecule has 8 heteroatoms. The Morgan fingerprint density at radius 2 is 1.93 bits per heavy atom. The lowest BCUT2D eigenvalue weighted by Crippen LogP contribution is -2.19. The van der Waals surface area contributed by atoms with E-state index >= 15 is 0 Å². The molecule has 1 rings (SSSR count). The summed E-state index contributed by atoms with van der Waals surface area (Å²) >= 11 is 0. The van der Waals surface area contributed by atoms with Gasteiger partial charge in [0.1, 0.15) is 5.82 Å². The molecule has 0 amide bonds. The van der Waals surface area contributed by atoms with Crippen LogP contribution in [0.25, 0.3) is 0 Å². The number of hydrogen-bond donors (Lipinski definition) is 1. The fraction of sp³-hybridized carbons (Fsp3) is 0.143. The summed E-state index contributed by atoms with van der Waals surface area (Å²) in [5.74, 6) is -3.27. The van der Waals surface area contributed by atoms with Crippen molar-refractivity contribution in [3.05, 3.63) is 23.8 Å². The second-order valence-electron chi connectivity index (χ2n) is 2.50. The standard InChI is InChI=1S/C7H7F2NO4S/c1-13-7-5(9)2-4(8)3-6(7)14-15(10,11)12/h2-3H,1H3,(H2,10,11,12). The summed E-state index contributed by atoms with van der Waals surface area (Å²) < 4.78 is 55.4. The van der Waals surface area contributed by atoms with Crippen LogP contribution < -0.4 is 14.1 Å². The van der Waals surface area contributed by atoms with E-state index in [9.17, 15) is 17.2 Å². The molecule has 15 heavy (non-hydrogen) atoms. The third kappa shape index (κ3) is 3.03. The third-order valence-corrected chi connectivity index (χ3v) is 1.80. The molecule has 0 heterocycles. The van der Waals surface area contributed by atoms with Gasteiger partial charge >= 0.3 is 10.3 Å². The maximum absolute atomic E-state index is 13.0. The van der Waals surface area contributed by atoms with Crippen LogP contribution in [0.15, 0.2) is 12.1 Å². The van der Waals surface area contributed by atoms with Gasteiger partial charge in [0.25, 0.3) is 0 Å². The number of hydrogen-bond acceptors (Lipinski definition) is 4. The van der Waals surface area contributed by atoms with Gasteiger partial charge in [-0.05, 0) is 0 Å². The van der Waals surface area contributed by atoms with Crippen LogP contribution in [0, 0.1) is 11.6 Å². The Bertz CT molecular complexity index is 474. The zero-order chi connectivity index (χ0) is 11.6. The number of methoxy groups -OCH3 is 1. The molecule has 0 spiro atoms. The van der Waals surface area contributed by atoms with Crippen molar-refractivity contribution in [1.29, 1.82) is 0 Å². The molecule has 0 saturated carbocycles. The number of ether oxygens (including phenoxy) is 1. The van der Waals surface area contributed by atoms with Gasteiger partial charge in [0.05, 0.1) is 7.11 Å². The van der Waals surface area contributed by atoms with E-state index in [1.165, 1.54) is 0 Å². The molecular formula is C7H7F2NO4S. The first kappa shape index (κ1) is 11.7. The highest BCUT2D eigenvalue weighted by Crippen LogP contribution is 2.31. The quantitative estimate of drug-likeness (QED) is 0.835. The smallest absolute Gasteiger partial charge is 0.380 e. The molecule has 0 aliphatic heterocycles. The van der Waals surface area contributed by atoms with Crippen molar-refractivity contribution in [3.63, 3.8) is 0 Å². The summed E-state index contributed by atoms with van der Waals surface area (Å²) in [7, 11) is -3.28. The van der Waals surface area contributed by atoms with E-state index in [1.807, 2.05) is 0 Å². The lowest BCUT2D eigenvalue weighted by Gasteiger charge is -2.08. The highest BCUT2D eigenvalue weighted by Gasteiger charge is 2.17. The van der Waals surface area contributed by atoms with Crippen LogP contribution in [0.4, 0.5) is 8.78 Å². The average Bonchev–Trinajstić information content (AvgIpc) is 1.99. The molecule has 0 atom stereocenters. The lowest BCUT2D eigenvalue weighted by atomic mass is 10.3. The Labute approximate surface area is 84.7 Å². The first-order chi connectivity index (χ1) is 6.83. The zero-order valence-corrected chi connectivity index (χ0v) is 8.35. The summed E-state index contributed by atoms with van der Waals surface area (Å²) in [5, 5.41) is 4.54. The normalized spacial score (nSPS) is 11.2. The van der Waals surface area contributed by atoms with Gasteiger partial charge in [-0.25, -0.2) is 8.78 Å². The molecule has 1 aromatic carbocycles. The van der Waals surface area contributed by atoms with Gasteiger partial charge in [-0.1, -0.05) is 0 Å². The Kier molecular flexibility index (Phi) is 3.10. The molecule has 0 aromatic heterocycles. The van der Waals surface area contributed by atoms with Crippen molar-refractivity contribution in [2.24, 2.45) is 5.14 Å². The predicted octanol–water partition coefficient (Wildman–Crippen LogP) is 0.556. The van der Waals surface area contributed by atoms with Crippen LogP contribution in [0.2, 0.25) is 0 Å². The summed E-state index contributed by atoms with van der Waals surface area (Å²) in [6.45, 7) is 0. The molecule has 0 fully saturated rings. The predicted molar refractivity (Wildman–Crippen MR) is 46.6 cm³/mol. The summed E-state index contributed by atoms with van der Waals surface area (Å²) in [6, 6.07) is 1.17. The minimum absolute atomic E-state index is 0.523. The van der Waals surface area contributed by atoms with E-state index in [1.54, 1.807) is 0 Å². The summed E-state index contributed by atoms with van der Waals surface area (Å²) in [5.41, 5.74) is 0. The molecular weight excluding hydrogens is 232 g/mol. The maximum atomic E-state index is 13.0. The molecule has 84 valence electrons.